The van der Waals surface area contributed by atoms with E-state index in [0.717, 1.165) is 5.56 Å². The molecule has 0 saturated carbocycles. The first-order valence-electron chi connectivity index (χ1n) is 6.45. The van der Waals surface area contributed by atoms with Crippen molar-refractivity contribution in [3.05, 3.63) is 46.1 Å². The molecular formula is C13H16N4O4. The number of nitrogens with zero attached hydrogens (tertiary/aromatic N) is 3. The summed E-state index contributed by atoms with van der Waals surface area (Å²) >= 11 is 0. The normalized spacial score (nSPS) is 10.8. The molecule has 0 amide bonds. The minimum Gasteiger partial charge on any atom is -0.478 e. The summed E-state index contributed by atoms with van der Waals surface area (Å²) in [7, 11) is 0. The molecule has 0 aliphatic rings. The maximum absolute atomic E-state index is 11.0. The highest BCUT2D eigenvalue weighted by molar-refractivity contribution is 5.48. The van der Waals surface area contributed by atoms with Crippen molar-refractivity contribution in [3.63, 3.8) is 0 Å². The fraction of sp³-hybridized carbons (Fsp3) is 0.385. The summed E-state index contributed by atoms with van der Waals surface area (Å²) in [5, 5.41) is 17.9. The number of hydrogen-bond acceptors (Lipinski definition) is 7. The van der Waals surface area contributed by atoms with E-state index < -0.39 is 4.92 Å². The highest BCUT2D eigenvalue weighted by Gasteiger charge is 2.16. The van der Waals surface area contributed by atoms with E-state index in [4.69, 9.17) is 4.74 Å². The second-order valence-corrected chi connectivity index (χ2v) is 4.73. The number of nitro groups is 1. The number of ether oxygens (including phenoxy) is 1. The molecule has 0 unspecified atom stereocenters. The average Bonchev–Trinajstić information content (AvgIpc) is 2.96. The van der Waals surface area contributed by atoms with Gasteiger partial charge in [-0.15, -0.1) is 0 Å². The molecule has 0 bridgehead atoms. The van der Waals surface area contributed by atoms with Crippen LogP contribution in [0.25, 0.3) is 0 Å². The Balaban J connectivity index is 2.14. The fourth-order valence-corrected chi connectivity index (χ4v) is 1.66. The predicted molar refractivity (Wildman–Crippen MR) is 73.7 cm³/mol. The first kappa shape index (κ1) is 14.9. The Hall–Kier alpha value is -2.48. The molecular weight excluding hydrogens is 276 g/mol. The summed E-state index contributed by atoms with van der Waals surface area (Å²) in [6, 6.07) is 5.11. The zero-order valence-corrected chi connectivity index (χ0v) is 11.8. The molecule has 0 atom stereocenters. The first-order valence-corrected chi connectivity index (χ1v) is 6.45. The molecule has 1 heterocycles. The average molecular weight is 292 g/mol. The lowest BCUT2D eigenvalue weighted by Gasteiger charge is -2.10. The van der Waals surface area contributed by atoms with Gasteiger partial charge in [-0.05, 0) is 11.6 Å². The topological polar surface area (TPSA) is 103 Å². The largest absolute Gasteiger partial charge is 0.478 e. The van der Waals surface area contributed by atoms with Crippen LogP contribution in [-0.2, 0) is 13.2 Å². The molecule has 0 radical (unpaired) electrons. The van der Waals surface area contributed by atoms with E-state index in [1.165, 1.54) is 12.5 Å². The van der Waals surface area contributed by atoms with E-state index in [1.807, 2.05) is 13.8 Å². The molecule has 8 heteroatoms. The van der Waals surface area contributed by atoms with Crippen LogP contribution in [0.3, 0.4) is 0 Å². The summed E-state index contributed by atoms with van der Waals surface area (Å²) in [6.07, 6.45) is 1.18. The lowest BCUT2D eigenvalue weighted by molar-refractivity contribution is -0.386. The van der Waals surface area contributed by atoms with Crippen molar-refractivity contribution in [2.24, 2.45) is 0 Å². The highest BCUT2D eigenvalue weighted by atomic mass is 16.6. The van der Waals surface area contributed by atoms with Crippen LogP contribution in [0.1, 0.15) is 25.2 Å². The molecule has 1 aromatic carbocycles. The quantitative estimate of drug-likeness (QED) is 0.615. The Kier molecular flexibility index (Phi) is 4.83. The number of benzene rings is 1. The van der Waals surface area contributed by atoms with Crippen molar-refractivity contribution in [2.45, 2.75) is 33.0 Å². The molecule has 2 aromatic rings. The van der Waals surface area contributed by atoms with Crippen molar-refractivity contribution in [3.8, 4) is 5.75 Å². The Labute approximate surface area is 121 Å². The van der Waals surface area contributed by atoms with Crippen LogP contribution in [0.4, 0.5) is 5.69 Å². The number of rotatable bonds is 7. The van der Waals surface area contributed by atoms with E-state index in [0.29, 0.717) is 18.4 Å². The van der Waals surface area contributed by atoms with Crippen molar-refractivity contribution < 1.29 is 14.2 Å². The summed E-state index contributed by atoms with van der Waals surface area (Å²) in [5.74, 6) is 0.517. The summed E-state index contributed by atoms with van der Waals surface area (Å²) in [6.45, 7) is 4.67. The van der Waals surface area contributed by atoms with Crippen LogP contribution < -0.4 is 10.1 Å². The highest BCUT2D eigenvalue weighted by Crippen LogP contribution is 2.28. The van der Waals surface area contributed by atoms with Gasteiger partial charge in [-0.2, -0.15) is 4.98 Å². The van der Waals surface area contributed by atoms with Gasteiger partial charge in [0.2, 0.25) is 12.2 Å². The Morgan fingerprint density at radius 3 is 2.90 bits per heavy atom. The number of nitro benzene ring substituents is 1. The van der Waals surface area contributed by atoms with Crippen LogP contribution in [0.15, 0.2) is 29.1 Å². The summed E-state index contributed by atoms with van der Waals surface area (Å²) < 4.78 is 10.0. The first-order chi connectivity index (χ1) is 10.1. The molecule has 21 heavy (non-hydrogen) atoms. The lowest BCUT2D eigenvalue weighted by Crippen LogP contribution is -2.21. The number of nitrogens with one attached hydrogen (secondary N) is 1. The van der Waals surface area contributed by atoms with Crippen LogP contribution in [0.5, 0.6) is 5.75 Å². The van der Waals surface area contributed by atoms with Crippen LogP contribution in [0.2, 0.25) is 0 Å². The maximum atomic E-state index is 11.0. The zero-order chi connectivity index (χ0) is 15.2. The van der Waals surface area contributed by atoms with Gasteiger partial charge in [-0.3, -0.25) is 10.1 Å². The third-order valence-corrected chi connectivity index (χ3v) is 2.70. The van der Waals surface area contributed by atoms with Gasteiger partial charge in [0.1, 0.15) is 0 Å². The van der Waals surface area contributed by atoms with Gasteiger partial charge in [0.05, 0.1) is 4.92 Å². The third kappa shape index (κ3) is 4.25. The minimum atomic E-state index is -0.481. The van der Waals surface area contributed by atoms with Crippen molar-refractivity contribution in [2.75, 3.05) is 0 Å². The maximum Gasteiger partial charge on any atom is 0.310 e. The molecule has 0 aliphatic heterocycles. The van der Waals surface area contributed by atoms with E-state index in [1.54, 1.807) is 12.1 Å². The molecule has 0 spiro atoms. The molecule has 2 rings (SSSR count). The molecule has 1 N–H and O–H groups in total. The third-order valence-electron chi connectivity index (χ3n) is 2.70. The Bertz CT molecular complexity index is 598. The minimum absolute atomic E-state index is 0.0123. The smallest absolute Gasteiger partial charge is 0.310 e. The van der Waals surface area contributed by atoms with Crippen molar-refractivity contribution in [1.29, 1.82) is 0 Å². The van der Waals surface area contributed by atoms with Crippen molar-refractivity contribution >= 4 is 5.69 Å². The van der Waals surface area contributed by atoms with E-state index in [2.05, 4.69) is 20.0 Å². The van der Waals surface area contributed by atoms with E-state index >= 15 is 0 Å². The lowest BCUT2D eigenvalue weighted by atomic mass is 10.2. The van der Waals surface area contributed by atoms with Gasteiger partial charge in [0.25, 0.3) is 0 Å². The second kappa shape index (κ2) is 6.80. The Morgan fingerprint density at radius 1 is 1.48 bits per heavy atom. The van der Waals surface area contributed by atoms with Gasteiger partial charge >= 0.3 is 5.69 Å². The van der Waals surface area contributed by atoms with Crippen molar-refractivity contribution in [1.82, 2.24) is 15.5 Å². The second-order valence-electron chi connectivity index (χ2n) is 4.73. The van der Waals surface area contributed by atoms with Crippen LogP contribution in [-0.4, -0.2) is 21.1 Å². The van der Waals surface area contributed by atoms with E-state index in [9.17, 15) is 10.1 Å². The molecule has 0 aliphatic carbocycles. The molecule has 0 fully saturated rings. The molecule has 112 valence electrons. The Morgan fingerprint density at radius 2 is 2.29 bits per heavy atom. The van der Waals surface area contributed by atoms with E-state index in [-0.39, 0.29) is 18.0 Å². The SMILES string of the molecule is CC(C)NCc1ccc([N+](=O)[O-])c(OCc2ncon2)c1. The van der Waals surface area contributed by atoms with Gasteiger partial charge in [0.15, 0.2) is 12.4 Å². The number of aromatic nitrogens is 2. The fourth-order valence-electron chi connectivity index (χ4n) is 1.66. The summed E-state index contributed by atoms with van der Waals surface area (Å²) in [4.78, 5) is 14.3. The summed E-state index contributed by atoms with van der Waals surface area (Å²) in [5.41, 5.74) is 0.809. The van der Waals surface area contributed by atoms with Crippen LogP contribution >= 0.6 is 0 Å². The monoisotopic (exact) mass is 292 g/mol. The van der Waals surface area contributed by atoms with Gasteiger partial charge in [-0.25, -0.2) is 0 Å². The van der Waals surface area contributed by atoms with Gasteiger partial charge < -0.3 is 14.6 Å². The van der Waals surface area contributed by atoms with Crippen LogP contribution in [0, 0.1) is 10.1 Å². The standard InChI is InChI=1S/C13H16N4O4/c1-9(2)14-6-10-3-4-11(17(18)19)12(5-10)20-7-13-15-8-21-16-13/h3-5,8-9,14H,6-7H2,1-2H3. The van der Waals surface area contributed by atoms with Gasteiger partial charge in [0, 0.05) is 18.7 Å². The zero-order valence-electron chi connectivity index (χ0n) is 11.8. The molecule has 8 nitrogen and oxygen atoms in total. The number of hydrogen-bond donors (Lipinski definition) is 1. The molecule has 1 aromatic heterocycles. The molecule has 0 saturated heterocycles. The predicted octanol–water partition coefficient (Wildman–Crippen LogP) is 2.05. The van der Waals surface area contributed by atoms with Gasteiger partial charge in [-0.1, -0.05) is 25.1 Å².